The fourth-order valence-corrected chi connectivity index (χ4v) is 2.60. The molecule has 3 nitrogen and oxygen atoms in total. The third kappa shape index (κ3) is 6.96. The fraction of sp³-hybridized carbons (Fsp3) is 0.562. The first-order valence-electron chi connectivity index (χ1n) is 7.24. The molecule has 2 atom stereocenters. The van der Waals surface area contributed by atoms with Crippen molar-refractivity contribution in [3.63, 3.8) is 0 Å². The van der Waals surface area contributed by atoms with Crippen molar-refractivity contribution in [1.29, 1.82) is 0 Å². The molecule has 0 radical (unpaired) electrons. The molecule has 0 bridgehead atoms. The maximum absolute atomic E-state index is 12.8. The van der Waals surface area contributed by atoms with Gasteiger partial charge in [0.25, 0.3) is 0 Å². The quantitative estimate of drug-likeness (QED) is 0.725. The summed E-state index contributed by atoms with van der Waals surface area (Å²) in [7, 11) is 0. The number of hydrogen-bond acceptors (Lipinski definition) is 3. The summed E-state index contributed by atoms with van der Waals surface area (Å²) < 4.78 is 12.8. The number of amides is 1. The van der Waals surface area contributed by atoms with Crippen LogP contribution in [-0.2, 0) is 4.79 Å². The van der Waals surface area contributed by atoms with Crippen LogP contribution in [0, 0.1) is 17.7 Å². The lowest BCUT2D eigenvalue weighted by molar-refractivity contribution is -0.123. The molecule has 2 N–H and O–H groups in total. The molecule has 1 aromatic rings. The highest BCUT2D eigenvalue weighted by atomic mass is 32.2. The molecule has 0 saturated heterocycles. The molecule has 1 rings (SSSR count). The molecule has 0 aliphatic carbocycles. The minimum atomic E-state index is -0.380. The Hall–Kier alpha value is -1.07. The minimum absolute atomic E-state index is 0.0134. The molecule has 5 heteroatoms. The molecule has 0 aliphatic heterocycles. The number of halogens is 1. The Morgan fingerprint density at radius 2 is 1.90 bits per heavy atom. The van der Waals surface area contributed by atoms with Gasteiger partial charge in [-0.3, -0.25) is 4.79 Å². The van der Waals surface area contributed by atoms with Crippen LogP contribution in [0.1, 0.15) is 27.2 Å². The van der Waals surface area contributed by atoms with Crippen molar-refractivity contribution in [2.75, 3.05) is 12.3 Å². The van der Waals surface area contributed by atoms with Crippen molar-refractivity contribution < 1.29 is 14.3 Å². The lowest BCUT2D eigenvalue weighted by atomic mass is 10.0. The number of aliphatic hydroxyl groups excluding tert-OH is 1. The monoisotopic (exact) mass is 313 g/mol. The zero-order valence-corrected chi connectivity index (χ0v) is 13.6. The summed E-state index contributed by atoms with van der Waals surface area (Å²) in [5.41, 5.74) is 0. The molecular formula is C16H24FNO2S. The number of thioether (sulfide) groups is 1. The van der Waals surface area contributed by atoms with Crippen LogP contribution < -0.4 is 5.32 Å². The van der Waals surface area contributed by atoms with E-state index in [2.05, 4.69) is 5.32 Å². The van der Waals surface area contributed by atoms with E-state index >= 15 is 0 Å². The summed E-state index contributed by atoms with van der Waals surface area (Å²) in [6, 6.07) is 6.26. The van der Waals surface area contributed by atoms with E-state index in [-0.39, 0.29) is 29.7 Å². The molecule has 0 saturated carbocycles. The zero-order valence-electron chi connectivity index (χ0n) is 12.8. The number of rotatable bonds is 8. The van der Waals surface area contributed by atoms with E-state index in [9.17, 15) is 14.3 Å². The molecule has 118 valence electrons. The Morgan fingerprint density at radius 3 is 2.48 bits per heavy atom. The predicted octanol–water partition coefficient (Wildman–Crippen LogP) is 3.08. The van der Waals surface area contributed by atoms with E-state index in [0.717, 1.165) is 4.90 Å². The number of nitrogens with one attached hydrogen (secondary N) is 1. The maximum Gasteiger partial charge on any atom is 0.223 e. The minimum Gasteiger partial charge on any atom is -0.393 e. The number of carbonyl (C=O) groups is 1. The standard InChI is InChI=1S/C16H24FNO2S/c1-11(2)15(19)8-9-18-16(20)12(3)10-21-14-6-4-13(17)5-7-14/h4-7,11-12,15,19H,8-10H2,1-3H3,(H,18,20). The maximum atomic E-state index is 12.8. The van der Waals surface area contributed by atoms with Crippen molar-refractivity contribution in [3.05, 3.63) is 30.1 Å². The van der Waals surface area contributed by atoms with E-state index in [4.69, 9.17) is 0 Å². The molecule has 2 unspecified atom stereocenters. The highest BCUT2D eigenvalue weighted by Crippen LogP contribution is 2.21. The van der Waals surface area contributed by atoms with E-state index in [1.165, 1.54) is 23.9 Å². The molecule has 1 amide bonds. The van der Waals surface area contributed by atoms with E-state index in [0.29, 0.717) is 18.7 Å². The Kier molecular flexibility index (Phi) is 7.75. The zero-order chi connectivity index (χ0) is 15.8. The van der Waals surface area contributed by atoms with E-state index in [1.807, 2.05) is 20.8 Å². The first-order chi connectivity index (χ1) is 9.90. The summed E-state index contributed by atoms with van der Waals surface area (Å²) in [6.45, 7) is 6.26. The lowest BCUT2D eigenvalue weighted by Gasteiger charge is -2.16. The number of carbonyl (C=O) groups excluding carboxylic acids is 1. The Bertz CT molecular complexity index is 436. The summed E-state index contributed by atoms with van der Waals surface area (Å²) >= 11 is 1.53. The molecular weight excluding hydrogens is 289 g/mol. The Morgan fingerprint density at radius 1 is 1.29 bits per heavy atom. The van der Waals surface area contributed by atoms with Crippen LogP contribution in [0.4, 0.5) is 4.39 Å². The first kappa shape index (κ1) is 18.0. The molecule has 0 fully saturated rings. The van der Waals surface area contributed by atoms with Gasteiger partial charge in [0, 0.05) is 23.1 Å². The number of aliphatic hydroxyl groups is 1. The molecule has 0 heterocycles. The predicted molar refractivity (Wildman–Crippen MR) is 84.8 cm³/mol. The van der Waals surface area contributed by atoms with Gasteiger partial charge in [-0.25, -0.2) is 4.39 Å². The van der Waals surface area contributed by atoms with Crippen LogP contribution in [0.25, 0.3) is 0 Å². The third-order valence-corrected chi connectivity index (χ3v) is 4.54. The molecule has 1 aromatic carbocycles. The summed E-state index contributed by atoms with van der Waals surface area (Å²) in [5, 5.41) is 12.5. The van der Waals surface area contributed by atoms with Gasteiger partial charge in [-0.1, -0.05) is 20.8 Å². The average Bonchev–Trinajstić information content (AvgIpc) is 2.45. The van der Waals surface area contributed by atoms with Crippen molar-refractivity contribution in [1.82, 2.24) is 5.32 Å². The highest BCUT2D eigenvalue weighted by Gasteiger charge is 2.14. The second kappa shape index (κ2) is 9.05. The first-order valence-corrected chi connectivity index (χ1v) is 8.23. The smallest absolute Gasteiger partial charge is 0.223 e. The van der Waals surface area contributed by atoms with Crippen LogP contribution in [0.15, 0.2) is 29.2 Å². The van der Waals surface area contributed by atoms with Crippen LogP contribution in [0.5, 0.6) is 0 Å². The van der Waals surface area contributed by atoms with Gasteiger partial charge in [0.05, 0.1) is 6.10 Å². The van der Waals surface area contributed by atoms with Crippen molar-refractivity contribution >= 4 is 17.7 Å². The fourth-order valence-electron chi connectivity index (χ4n) is 1.68. The normalized spacial score (nSPS) is 14.0. The topological polar surface area (TPSA) is 49.3 Å². The average molecular weight is 313 g/mol. The summed E-state index contributed by atoms with van der Waals surface area (Å²) in [5.74, 6) is 0.448. The van der Waals surface area contributed by atoms with Crippen molar-refractivity contribution in [3.8, 4) is 0 Å². The summed E-state index contributed by atoms with van der Waals surface area (Å²) in [6.07, 6.45) is 0.190. The number of hydrogen-bond donors (Lipinski definition) is 2. The van der Waals surface area contributed by atoms with E-state index in [1.54, 1.807) is 12.1 Å². The van der Waals surface area contributed by atoms with Crippen molar-refractivity contribution in [2.45, 2.75) is 38.2 Å². The Labute approximate surface area is 130 Å². The third-order valence-electron chi connectivity index (χ3n) is 3.27. The van der Waals surface area contributed by atoms with Gasteiger partial charge < -0.3 is 10.4 Å². The molecule has 0 aliphatic rings. The van der Waals surface area contributed by atoms with Gasteiger partial charge in [0.1, 0.15) is 5.82 Å². The second-order valence-corrected chi connectivity index (χ2v) is 6.65. The van der Waals surface area contributed by atoms with E-state index < -0.39 is 0 Å². The van der Waals surface area contributed by atoms with Gasteiger partial charge in [-0.15, -0.1) is 11.8 Å². The molecule has 0 spiro atoms. The largest absolute Gasteiger partial charge is 0.393 e. The SMILES string of the molecule is CC(CSc1ccc(F)cc1)C(=O)NCCC(O)C(C)C. The van der Waals surface area contributed by atoms with Crippen LogP contribution in [-0.4, -0.2) is 29.4 Å². The molecule has 21 heavy (non-hydrogen) atoms. The van der Waals surface area contributed by atoms with Crippen LogP contribution in [0.2, 0.25) is 0 Å². The van der Waals surface area contributed by atoms with Crippen molar-refractivity contribution in [2.24, 2.45) is 11.8 Å². The van der Waals surface area contributed by atoms with Gasteiger partial charge in [-0.2, -0.15) is 0 Å². The van der Waals surface area contributed by atoms with Gasteiger partial charge in [-0.05, 0) is 36.6 Å². The van der Waals surface area contributed by atoms with Gasteiger partial charge in [0.2, 0.25) is 5.91 Å². The van der Waals surface area contributed by atoms with Gasteiger partial charge >= 0.3 is 0 Å². The highest BCUT2D eigenvalue weighted by molar-refractivity contribution is 7.99. The number of benzene rings is 1. The van der Waals surface area contributed by atoms with Crippen LogP contribution >= 0.6 is 11.8 Å². The second-order valence-electron chi connectivity index (χ2n) is 5.56. The lowest BCUT2D eigenvalue weighted by Crippen LogP contribution is -2.33. The summed E-state index contributed by atoms with van der Waals surface area (Å²) in [4.78, 5) is 12.9. The Balaban J connectivity index is 2.26. The van der Waals surface area contributed by atoms with Gasteiger partial charge in [0.15, 0.2) is 0 Å². The van der Waals surface area contributed by atoms with Crippen LogP contribution in [0.3, 0.4) is 0 Å². The molecule has 0 aromatic heterocycles.